The first-order valence-corrected chi connectivity index (χ1v) is 5.97. The molecule has 2 aromatic rings. The maximum Gasteiger partial charge on any atom is 0.243 e. The van der Waals surface area contributed by atoms with E-state index in [9.17, 15) is 5.11 Å². The van der Waals surface area contributed by atoms with E-state index < -0.39 is 0 Å². The predicted octanol–water partition coefficient (Wildman–Crippen LogP) is 1.22. The highest BCUT2D eigenvalue weighted by atomic mass is 16.3. The molecule has 0 bridgehead atoms. The molecule has 3 rings (SSSR count). The van der Waals surface area contributed by atoms with Crippen LogP contribution in [0.3, 0.4) is 0 Å². The number of fused-ring (bicyclic) bond motifs is 1. The van der Waals surface area contributed by atoms with E-state index in [-0.39, 0.29) is 6.10 Å². The van der Waals surface area contributed by atoms with E-state index in [0.717, 1.165) is 24.1 Å². The monoisotopic (exact) mass is 232 g/mol. The van der Waals surface area contributed by atoms with Gasteiger partial charge in [0.15, 0.2) is 5.65 Å². The number of nitrogens with one attached hydrogen (secondary N) is 1. The number of anilines is 1. The van der Waals surface area contributed by atoms with Crippen LogP contribution in [0.1, 0.15) is 18.4 Å². The van der Waals surface area contributed by atoms with Gasteiger partial charge >= 0.3 is 0 Å². The molecule has 2 aromatic heterocycles. The van der Waals surface area contributed by atoms with Crippen LogP contribution in [0.5, 0.6) is 0 Å². The van der Waals surface area contributed by atoms with E-state index in [1.165, 1.54) is 0 Å². The number of nitrogens with zero attached hydrogens (tertiary/aromatic N) is 3. The summed E-state index contributed by atoms with van der Waals surface area (Å²) in [4.78, 5) is 4.35. The molecule has 0 radical (unpaired) electrons. The third-order valence-electron chi connectivity index (χ3n) is 3.13. The smallest absolute Gasteiger partial charge is 0.243 e. The average molecular weight is 232 g/mol. The first-order valence-electron chi connectivity index (χ1n) is 5.97. The molecule has 2 N–H and O–H groups in total. The molecule has 1 fully saturated rings. The molecule has 0 aliphatic heterocycles. The highest BCUT2D eigenvalue weighted by Crippen LogP contribution is 2.32. The molecular weight excluding hydrogens is 216 g/mol. The molecule has 1 saturated carbocycles. The Balaban J connectivity index is 1.72. The molecule has 2 heterocycles. The van der Waals surface area contributed by atoms with E-state index in [4.69, 9.17) is 0 Å². The molecule has 17 heavy (non-hydrogen) atoms. The average Bonchev–Trinajstić information content (AvgIpc) is 3.07. The summed E-state index contributed by atoms with van der Waals surface area (Å²) in [5.41, 5.74) is 1.99. The summed E-state index contributed by atoms with van der Waals surface area (Å²) in [6, 6.07) is 3.97. The Morgan fingerprint density at radius 2 is 2.41 bits per heavy atom. The Kier molecular flexibility index (Phi) is 2.48. The van der Waals surface area contributed by atoms with Crippen molar-refractivity contribution in [1.29, 1.82) is 0 Å². The highest BCUT2D eigenvalue weighted by Gasteiger charge is 2.29. The van der Waals surface area contributed by atoms with Gasteiger partial charge in [-0.2, -0.15) is 4.98 Å². The molecule has 0 aromatic carbocycles. The van der Waals surface area contributed by atoms with Gasteiger partial charge in [-0.25, -0.2) is 4.52 Å². The lowest BCUT2D eigenvalue weighted by molar-refractivity contribution is 0.164. The summed E-state index contributed by atoms with van der Waals surface area (Å²) in [5.74, 6) is 1.05. The third kappa shape index (κ3) is 2.24. The highest BCUT2D eigenvalue weighted by molar-refractivity contribution is 5.45. The van der Waals surface area contributed by atoms with Crippen molar-refractivity contribution in [3.05, 3.63) is 23.9 Å². The van der Waals surface area contributed by atoms with Crippen LogP contribution in [-0.4, -0.2) is 32.4 Å². The number of hydrogen-bond donors (Lipinski definition) is 2. The van der Waals surface area contributed by atoms with Gasteiger partial charge < -0.3 is 10.4 Å². The van der Waals surface area contributed by atoms with Gasteiger partial charge in [-0.05, 0) is 43.4 Å². The van der Waals surface area contributed by atoms with Crippen LogP contribution in [0.4, 0.5) is 5.95 Å². The van der Waals surface area contributed by atoms with Crippen LogP contribution >= 0.6 is 0 Å². The lowest BCUT2D eigenvalue weighted by Crippen LogP contribution is -2.21. The minimum Gasteiger partial charge on any atom is -0.391 e. The maximum atomic E-state index is 9.74. The zero-order valence-electron chi connectivity index (χ0n) is 9.80. The maximum absolute atomic E-state index is 9.74. The number of rotatable bonds is 4. The number of aromatic nitrogens is 3. The molecule has 1 aliphatic rings. The largest absolute Gasteiger partial charge is 0.391 e. The molecule has 5 heteroatoms. The first kappa shape index (κ1) is 10.5. The molecule has 0 amide bonds. The summed E-state index contributed by atoms with van der Waals surface area (Å²) >= 11 is 0. The zero-order valence-corrected chi connectivity index (χ0v) is 9.80. The van der Waals surface area contributed by atoms with Crippen LogP contribution in [0.2, 0.25) is 0 Å². The summed E-state index contributed by atoms with van der Waals surface area (Å²) in [5, 5.41) is 17.1. The molecular formula is C12H16N4O. The van der Waals surface area contributed by atoms with Crippen LogP contribution in [0.15, 0.2) is 18.3 Å². The summed E-state index contributed by atoms with van der Waals surface area (Å²) in [6.45, 7) is 2.55. The molecule has 0 saturated heterocycles. The number of aliphatic hydroxyl groups excluding tert-OH is 1. The minimum atomic E-state index is -0.275. The quantitative estimate of drug-likeness (QED) is 0.832. The van der Waals surface area contributed by atoms with Crippen LogP contribution in [0.25, 0.3) is 5.65 Å². The minimum absolute atomic E-state index is 0.275. The fourth-order valence-electron chi connectivity index (χ4n) is 1.90. The number of pyridine rings is 1. The number of hydrogen-bond acceptors (Lipinski definition) is 4. The van der Waals surface area contributed by atoms with Gasteiger partial charge in [-0.15, -0.1) is 5.10 Å². The van der Waals surface area contributed by atoms with Crippen molar-refractivity contribution in [1.82, 2.24) is 14.6 Å². The molecule has 1 aliphatic carbocycles. The molecule has 1 atom stereocenters. The van der Waals surface area contributed by atoms with Crippen molar-refractivity contribution < 1.29 is 5.11 Å². The van der Waals surface area contributed by atoms with Gasteiger partial charge in [0.25, 0.3) is 0 Å². The van der Waals surface area contributed by atoms with Crippen molar-refractivity contribution in [2.45, 2.75) is 25.9 Å². The summed E-state index contributed by atoms with van der Waals surface area (Å²) in [6.07, 6.45) is 3.89. The molecule has 5 nitrogen and oxygen atoms in total. The van der Waals surface area contributed by atoms with E-state index in [1.807, 2.05) is 25.3 Å². The lowest BCUT2D eigenvalue weighted by Gasteiger charge is -2.08. The van der Waals surface area contributed by atoms with E-state index >= 15 is 0 Å². The number of aryl methyl sites for hydroxylation is 1. The van der Waals surface area contributed by atoms with Crippen molar-refractivity contribution in [3.8, 4) is 0 Å². The zero-order chi connectivity index (χ0) is 11.8. The molecule has 0 spiro atoms. The Hall–Kier alpha value is -1.62. The van der Waals surface area contributed by atoms with Gasteiger partial charge in [-0.1, -0.05) is 0 Å². The second-order valence-corrected chi connectivity index (χ2v) is 4.73. The van der Waals surface area contributed by atoms with Gasteiger partial charge in [0.2, 0.25) is 5.95 Å². The first-order chi connectivity index (χ1) is 8.22. The van der Waals surface area contributed by atoms with Crippen molar-refractivity contribution in [2.24, 2.45) is 5.92 Å². The molecule has 90 valence electrons. The van der Waals surface area contributed by atoms with E-state index in [2.05, 4.69) is 15.4 Å². The topological polar surface area (TPSA) is 62.5 Å². The normalized spacial score (nSPS) is 17.3. The third-order valence-corrected chi connectivity index (χ3v) is 3.13. The van der Waals surface area contributed by atoms with Gasteiger partial charge in [0.1, 0.15) is 0 Å². The Labute approximate surface area is 99.5 Å². The number of aliphatic hydroxyl groups is 1. The lowest BCUT2D eigenvalue weighted by atomic mass is 10.2. The summed E-state index contributed by atoms with van der Waals surface area (Å²) in [7, 11) is 0. The van der Waals surface area contributed by atoms with Gasteiger partial charge in [0, 0.05) is 12.7 Å². The van der Waals surface area contributed by atoms with Crippen LogP contribution < -0.4 is 5.32 Å². The Morgan fingerprint density at radius 3 is 3.18 bits per heavy atom. The van der Waals surface area contributed by atoms with Crippen molar-refractivity contribution in [2.75, 3.05) is 11.9 Å². The van der Waals surface area contributed by atoms with Crippen LogP contribution in [0, 0.1) is 12.8 Å². The second-order valence-electron chi connectivity index (χ2n) is 4.73. The van der Waals surface area contributed by atoms with Crippen LogP contribution in [-0.2, 0) is 0 Å². The van der Waals surface area contributed by atoms with Crippen molar-refractivity contribution >= 4 is 11.6 Å². The van der Waals surface area contributed by atoms with Crippen molar-refractivity contribution in [3.63, 3.8) is 0 Å². The fourth-order valence-corrected chi connectivity index (χ4v) is 1.90. The summed E-state index contributed by atoms with van der Waals surface area (Å²) < 4.78 is 1.73. The second kappa shape index (κ2) is 4.00. The van der Waals surface area contributed by atoms with E-state index in [0.29, 0.717) is 18.4 Å². The predicted molar refractivity (Wildman–Crippen MR) is 64.9 cm³/mol. The van der Waals surface area contributed by atoms with Gasteiger partial charge in [-0.3, -0.25) is 0 Å². The van der Waals surface area contributed by atoms with E-state index in [1.54, 1.807) is 4.52 Å². The standard InChI is InChI=1S/C12H16N4O/c1-8-4-5-16-11(6-8)14-12(15-16)13-7-10(17)9-2-3-9/h4-6,9-10,17H,2-3,7H2,1H3,(H,13,15). The molecule has 1 unspecified atom stereocenters. The Morgan fingerprint density at radius 1 is 1.59 bits per heavy atom. The van der Waals surface area contributed by atoms with Gasteiger partial charge in [0.05, 0.1) is 6.10 Å². The Bertz CT molecular complexity index is 532. The fraction of sp³-hybridized carbons (Fsp3) is 0.500. The SMILES string of the molecule is Cc1ccn2nc(NCC(O)C3CC3)nc2c1.